The lowest BCUT2D eigenvalue weighted by molar-refractivity contribution is 0.0951. The second-order valence-electron chi connectivity index (χ2n) is 8.11. The maximum Gasteiger partial charge on any atom is 0.251 e. The molecule has 0 saturated heterocycles. The minimum Gasteiger partial charge on any atom is -0.497 e. The normalized spacial score (nSPS) is 13.7. The van der Waals surface area contributed by atoms with Crippen molar-refractivity contribution in [2.45, 2.75) is 32.7 Å². The Morgan fingerprint density at radius 3 is 2.26 bits per heavy atom. The highest BCUT2D eigenvalue weighted by Gasteiger charge is 2.24. The number of hydrogen-bond donors (Lipinski definition) is 1. The van der Waals surface area contributed by atoms with Crippen LogP contribution >= 0.6 is 0 Å². The third-order valence-corrected chi connectivity index (χ3v) is 5.79. The van der Waals surface area contributed by atoms with E-state index in [-0.39, 0.29) is 5.91 Å². The van der Waals surface area contributed by atoms with Crippen LogP contribution in [0, 0.1) is 13.8 Å². The van der Waals surface area contributed by atoms with Crippen molar-refractivity contribution in [1.29, 1.82) is 0 Å². The van der Waals surface area contributed by atoms with Crippen molar-refractivity contribution >= 4 is 11.6 Å². The summed E-state index contributed by atoms with van der Waals surface area (Å²) in [6.07, 6.45) is 2.17. The molecule has 31 heavy (non-hydrogen) atoms. The zero-order valence-corrected chi connectivity index (χ0v) is 18.5. The van der Waals surface area contributed by atoms with Crippen LogP contribution in [0.5, 0.6) is 5.75 Å². The van der Waals surface area contributed by atoms with Gasteiger partial charge in [-0.05, 0) is 85.3 Å². The molecule has 3 aromatic carbocycles. The van der Waals surface area contributed by atoms with Crippen LogP contribution in [-0.2, 0) is 0 Å². The van der Waals surface area contributed by atoms with Crippen molar-refractivity contribution in [3.63, 3.8) is 0 Å². The zero-order chi connectivity index (χ0) is 22.0. The lowest BCUT2D eigenvalue weighted by Crippen LogP contribution is -2.25. The lowest BCUT2D eigenvalue weighted by Gasteiger charge is -2.14. The number of aliphatic imine (C=N–C) groups is 1. The smallest absolute Gasteiger partial charge is 0.251 e. The number of hydrogen-bond acceptors (Lipinski definition) is 3. The van der Waals surface area contributed by atoms with Crippen LogP contribution in [-0.4, -0.2) is 31.8 Å². The monoisotopic (exact) mass is 412 g/mol. The number of rotatable bonds is 6. The second kappa shape index (κ2) is 8.76. The zero-order valence-electron chi connectivity index (χ0n) is 18.5. The van der Waals surface area contributed by atoms with Gasteiger partial charge in [-0.25, -0.2) is 0 Å². The molecule has 0 atom stereocenters. The quantitative estimate of drug-likeness (QED) is 0.556. The summed E-state index contributed by atoms with van der Waals surface area (Å²) in [5.74, 6) is 0.837. The molecule has 0 heterocycles. The molecule has 0 bridgehead atoms. The summed E-state index contributed by atoms with van der Waals surface area (Å²) in [6.45, 7) is 4.18. The Morgan fingerprint density at radius 2 is 1.65 bits per heavy atom. The predicted octanol–water partition coefficient (Wildman–Crippen LogP) is 5.34. The molecule has 3 aromatic rings. The van der Waals surface area contributed by atoms with Crippen molar-refractivity contribution in [1.82, 2.24) is 5.32 Å². The number of methoxy groups -OCH3 is 1. The average molecular weight is 413 g/mol. The van der Waals surface area contributed by atoms with Gasteiger partial charge in [0.2, 0.25) is 0 Å². The first-order chi connectivity index (χ1) is 15.0. The molecule has 4 rings (SSSR count). The molecule has 158 valence electrons. The highest BCUT2D eigenvalue weighted by Crippen LogP contribution is 2.28. The highest BCUT2D eigenvalue weighted by atomic mass is 16.5. The molecule has 0 spiro atoms. The number of nitrogens with zero attached hydrogens (tertiary/aromatic N) is 1. The Bertz CT molecular complexity index is 1140. The van der Waals surface area contributed by atoms with Gasteiger partial charge in [0.1, 0.15) is 5.75 Å². The largest absolute Gasteiger partial charge is 0.497 e. The first kappa shape index (κ1) is 20.9. The Balaban J connectivity index is 1.66. The third-order valence-electron chi connectivity index (χ3n) is 5.79. The van der Waals surface area contributed by atoms with Crippen molar-refractivity contribution in [2.24, 2.45) is 4.99 Å². The average Bonchev–Trinajstić information content (AvgIpc) is 3.60. The van der Waals surface area contributed by atoms with E-state index in [1.807, 2.05) is 49.5 Å². The maximum atomic E-state index is 12.5. The van der Waals surface area contributed by atoms with Gasteiger partial charge in [0.05, 0.1) is 12.8 Å². The van der Waals surface area contributed by atoms with Gasteiger partial charge in [0.25, 0.3) is 5.91 Å². The molecule has 1 fully saturated rings. The maximum absolute atomic E-state index is 12.5. The SMILES string of the molecule is CN=C(c1ccc(OC)cc1)c1ccc(-c2cc(C(=O)NC3CC3)ccc2C)cc1C. The minimum absolute atomic E-state index is 0.0111. The fourth-order valence-electron chi connectivity index (χ4n) is 3.82. The highest BCUT2D eigenvalue weighted by molar-refractivity contribution is 6.14. The van der Waals surface area contributed by atoms with Crippen LogP contribution < -0.4 is 10.1 Å². The second-order valence-corrected chi connectivity index (χ2v) is 8.11. The van der Waals surface area contributed by atoms with Crippen LogP contribution in [0.3, 0.4) is 0 Å². The first-order valence-corrected chi connectivity index (χ1v) is 10.6. The fraction of sp³-hybridized carbons (Fsp3) is 0.259. The molecule has 1 saturated carbocycles. The van der Waals surface area contributed by atoms with Crippen LogP contribution in [0.2, 0.25) is 0 Å². The van der Waals surface area contributed by atoms with Crippen molar-refractivity contribution < 1.29 is 9.53 Å². The van der Waals surface area contributed by atoms with Gasteiger partial charge in [-0.3, -0.25) is 9.79 Å². The molecule has 0 aliphatic heterocycles. The first-order valence-electron chi connectivity index (χ1n) is 10.6. The fourth-order valence-corrected chi connectivity index (χ4v) is 3.82. The summed E-state index contributed by atoms with van der Waals surface area (Å²) < 4.78 is 5.27. The summed E-state index contributed by atoms with van der Waals surface area (Å²) in [4.78, 5) is 17.1. The standard InChI is InChI=1S/C27H28N2O2/c1-17-5-6-21(27(30)29-22-10-11-22)16-25(17)20-9-14-24(18(2)15-20)26(28-3)19-7-12-23(31-4)13-8-19/h5-9,12-16,22H,10-11H2,1-4H3,(H,29,30). The number of nitrogens with one attached hydrogen (secondary N) is 1. The number of benzene rings is 3. The summed E-state index contributed by atoms with van der Waals surface area (Å²) in [7, 11) is 3.48. The van der Waals surface area contributed by atoms with Gasteiger partial charge in [-0.1, -0.05) is 24.3 Å². The number of carbonyl (C=O) groups is 1. The lowest BCUT2D eigenvalue weighted by atomic mass is 9.92. The van der Waals surface area contributed by atoms with E-state index < -0.39 is 0 Å². The molecule has 1 aliphatic rings. The molecule has 0 aromatic heterocycles. The van der Waals surface area contributed by atoms with E-state index in [2.05, 4.69) is 42.4 Å². The van der Waals surface area contributed by atoms with Crippen LogP contribution in [0.15, 0.2) is 65.7 Å². The van der Waals surface area contributed by atoms with Gasteiger partial charge in [0, 0.05) is 29.8 Å². The van der Waals surface area contributed by atoms with Crippen molar-refractivity contribution in [2.75, 3.05) is 14.2 Å². The summed E-state index contributed by atoms with van der Waals surface area (Å²) in [6, 6.07) is 20.6. The van der Waals surface area contributed by atoms with Crippen LogP contribution in [0.1, 0.15) is 45.5 Å². The van der Waals surface area contributed by atoms with Crippen molar-refractivity contribution in [3.8, 4) is 16.9 Å². The van der Waals surface area contributed by atoms with E-state index in [9.17, 15) is 4.79 Å². The van der Waals surface area contributed by atoms with Crippen molar-refractivity contribution in [3.05, 3.63) is 88.5 Å². The Morgan fingerprint density at radius 1 is 0.935 bits per heavy atom. The molecular formula is C27H28N2O2. The Hall–Kier alpha value is -3.40. The predicted molar refractivity (Wildman–Crippen MR) is 126 cm³/mol. The van der Waals surface area contributed by atoms with E-state index in [1.54, 1.807) is 7.11 Å². The van der Waals surface area contributed by atoms with Crippen LogP contribution in [0.25, 0.3) is 11.1 Å². The molecular weight excluding hydrogens is 384 g/mol. The van der Waals surface area contributed by atoms with E-state index in [0.717, 1.165) is 57.7 Å². The van der Waals surface area contributed by atoms with E-state index in [4.69, 9.17) is 4.74 Å². The summed E-state index contributed by atoms with van der Waals surface area (Å²) in [5, 5.41) is 3.07. The van der Waals surface area contributed by atoms with Gasteiger partial charge in [-0.2, -0.15) is 0 Å². The molecule has 1 amide bonds. The number of aryl methyl sites for hydroxylation is 2. The number of ether oxygens (including phenoxy) is 1. The third kappa shape index (κ3) is 4.53. The van der Waals surface area contributed by atoms with Gasteiger partial charge in [-0.15, -0.1) is 0 Å². The Kier molecular flexibility index (Phi) is 5.90. The molecule has 4 heteroatoms. The molecule has 0 radical (unpaired) electrons. The van der Waals surface area contributed by atoms with E-state index in [1.165, 1.54) is 0 Å². The molecule has 0 unspecified atom stereocenters. The summed E-state index contributed by atoms with van der Waals surface area (Å²) in [5.41, 5.74) is 8.27. The van der Waals surface area contributed by atoms with Gasteiger partial charge in [0.15, 0.2) is 0 Å². The van der Waals surface area contributed by atoms with Crippen LogP contribution in [0.4, 0.5) is 0 Å². The molecule has 4 nitrogen and oxygen atoms in total. The van der Waals surface area contributed by atoms with E-state index in [0.29, 0.717) is 11.6 Å². The van der Waals surface area contributed by atoms with Gasteiger partial charge >= 0.3 is 0 Å². The number of amides is 1. The minimum atomic E-state index is 0.0111. The molecule has 1 aliphatic carbocycles. The number of carbonyl (C=O) groups excluding carboxylic acids is 1. The topological polar surface area (TPSA) is 50.7 Å². The molecule has 1 N–H and O–H groups in total. The van der Waals surface area contributed by atoms with E-state index >= 15 is 0 Å². The summed E-state index contributed by atoms with van der Waals surface area (Å²) >= 11 is 0. The Labute approximate surface area is 184 Å². The van der Waals surface area contributed by atoms with Gasteiger partial charge < -0.3 is 10.1 Å².